The molecule has 0 saturated heterocycles. The van der Waals surface area contributed by atoms with Crippen molar-refractivity contribution >= 4 is 17.5 Å². The minimum Gasteiger partial charge on any atom is -0.465 e. The van der Waals surface area contributed by atoms with Gasteiger partial charge in [-0.1, -0.05) is 6.92 Å². The van der Waals surface area contributed by atoms with E-state index in [2.05, 4.69) is 0 Å². The standard InChI is InChI=1S/C14H17N3O9/c1-3-14(13(19)26-4-2)10(18)5-7-8(15(20)21)6-9(16(22)23)11(14)12(7)17(24)25/h6-7,11-12H,3-5H2,1-2H3,(H,20,21)/t7-,11-,12-,14+/m0/s1. The number of ether oxygens (including phenoxy) is 1. The maximum absolute atomic E-state index is 12.8. The van der Waals surface area contributed by atoms with E-state index in [0.29, 0.717) is 6.08 Å². The topological polar surface area (TPSA) is 176 Å². The van der Waals surface area contributed by atoms with E-state index in [1.54, 1.807) is 0 Å². The van der Waals surface area contributed by atoms with Crippen LogP contribution in [0.5, 0.6) is 0 Å². The molecule has 2 rings (SSSR count). The van der Waals surface area contributed by atoms with Crippen molar-refractivity contribution in [1.29, 1.82) is 0 Å². The van der Waals surface area contributed by atoms with Gasteiger partial charge in [-0.3, -0.25) is 35.0 Å². The van der Waals surface area contributed by atoms with Crippen molar-refractivity contribution in [3.63, 3.8) is 0 Å². The first kappa shape index (κ1) is 19.3. The molecule has 1 N–H and O–H groups in total. The van der Waals surface area contributed by atoms with Crippen LogP contribution in [0.2, 0.25) is 0 Å². The van der Waals surface area contributed by atoms with Gasteiger partial charge in [0.15, 0.2) is 5.78 Å². The van der Waals surface area contributed by atoms with Crippen LogP contribution >= 0.6 is 0 Å². The number of hydrogen-bond acceptors (Lipinski definition) is 9. The lowest BCUT2D eigenvalue weighted by molar-refractivity contribution is -0.728. The van der Waals surface area contributed by atoms with Gasteiger partial charge >= 0.3 is 5.97 Å². The van der Waals surface area contributed by atoms with Crippen molar-refractivity contribution in [3.05, 3.63) is 37.2 Å². The molecular formula is C14H17N3O9. The van der Waals surface area contributed by atoms with E-state index in [1.165, 1.54) is 13.8 Å². The van der Waals surface area contributed by atoms with E-state index in [4.69, 9.17) is 4.74 Å². The molecule has 2 aliphatic carbocycles. The summed E-state index contributed by atoms with van der Waals surface area (Å²) in [6.07, 6.45) is -0.129. The van der Waals surface area contributed by atoms with Gasteiger partial charge < -0.3 is 9.94 Å². The Hall–Kier alpha value is -3.05. The molecule has 0 heterocycles. The second kappa shape index (κ2) is 6.69. The van der Waals surface area contributed by atoms with Gasteiger partial charge in [-0.25, -0.2) is 0 Å². The van der Waals surface area contributed by atoms with Crippen LogP contribution in [0.25, 0.3) is 0 Å². The number of carbonyl (C=O) groups excluding carboxylic acids is 2. The molecule has 1 saturated carbocycles. The average molecular weight is 371 g/mol. The zero-order valence-electron chi connectivity index (χ0n) is 14.0. The molecule has 0 amide bonds. The van der Waals surface area contributed by atoms with Crippen LogP contribution in [0, 0.1) is 42.7 Å². The highest BCUT2D eigenvalue weighted by atomic mass is 16.8. The monoisotopic (exact) mass is 371 g/mol. The maximum atomic E-state index is 12.8. The van der Waals surface area contributed by atoms with Crippen molar-refractivity contribution < 1.29 is 34.3 Å². The molecule has 4 atom stereocenters. The third-order valence-electron chi connectivity index (χ3n) is 5.05. The summed E-state index contributed by atoms with van der Waals surface area (Å²) in [6.45, 7) is 2.77. The van der Waals surface area contributed by atoms with E-state index >= 15 is 0 Å². The first-order valence-electron chi connectivity index (χ1n) is 7.86. The summed E-state index contributed by atoms with van der Waals surface area (Å²) in [6, 6.07) is -1.80. The largest absolute Gasteiger partial charge is 0.465 e. The second-order valence-corrected chi connectivity index (χ2v) is 6.06. The molecule has 0 unspecified atom stereocenters. The minimum atomic E-state index is -2.10. The van der Waals surface area contributed by atoms with Gasteiger partial charge in [-0.05, 0) is 13.3 Å². The zero-order chi connectivity index (χ0) is 19.8. The summed E-state index contributed by atoms with van der Waals surface area (Å²) in [5.41, 5.74) is -3.61. The Morgan fingerprint density at radius 3 is 2.38 bits per heavy atom. The smallest absolute Gasteiger partial charge is 0.320 e. The molecule has 12 heteroatoms. The number of esters is 1. The third kappa shape index (κ3) is 2.57. The molecule has 26 heavy (non-hydrogen) atoms. The summed E-state index contributed by atoms with van der Waals surface area (Å²) in [5, 5.41) is 43.7. The highest BCUT2D eigenvalue weighted by Crippen LogP contribution is 2.51. The van der Waals surface area contributed by atoms with Crippen molar-refractivity contribution in [1.82, 2.24) is 0 Å². The fourth-order valence-electron chi connectivity index (χ4n) is 3.95. The maximum Gasteiger partial charge on any atom is 0.320 e. The zero-order valence-corrected chi connectivity index (χ0v) is 14.0. The summed E-state index contributed by atoms with van der Waals surface area (Å²) < 4.78 is 4.91. The predicted molar refractivity (Wildman–Crippen MR) is 82.2 cm³/mol. The van der Waals surface area contributed by atoms with Crippen LogP contribution in [-0.4, -0.2) is 50.1 Å². The molecular weight excluding hydrogens is 354 g/mol. The molecule has 0 aliphatic heterocycles. The van der Waals surface area contributed by atoms with E-state index in [0.717, 1.165) is 0 Å². The van der Waals surface area contributed by atoms with Gasteiger partial charge in [-0.2, -0.15) is 0 Å². The molecule has 1 fully saturated rings. The van der Waals surface area contributed by atoms with Crippen LogP contribution < -0.4 is 0 Å². The predicted octanol–water partition coefficient (Wildman–Crippen LogP) is 0.311. The number of nitrogens with zero attached hydrogens (tertiary/aromatic N) is 3. The molecule has 2 aliphatic rings. The number of Topliss-reactive ketones (excluding diaryl/α,β-unsaturated/α-hetero) is 1. The summed E-state index contributed by atoms with van der Waals surface area (Å²) >= 11 is 0. The summed E-state index contributed by atoms with van der Waals surface area (Å²) in [5.74, 6) is -4.96. The first-order valence-corrected chi connectivity index (χ1v) is 7.86. The lowest BCUT2D eigenvalue weighted by atomic mass is 9.55. The van der Waals surface area contributed by atoms with E-state index < -0.39 is 67.6 Å². The van der Waals surface area contributed by atoms with Crippen molar-refractivity contribution in [3.8, 4) is 0 Å². The number of carbonyl (C=O) groups is 2. The molecule has 12 nitrogen and oxygen atoms in total. The Morgan fingerprint density at radius 1 is 1.35 bits per heavy atom. The van der Waals surface area contributed by atoms with Crippen LogP contribution in [0.4, 0.5) is 0 Å². The molecule has 0 spiro atoms. The first-order chi connectivity index (χ1) is 12.1. The van der Waals surface area contributed by atoms with Crippen molar-refractivity contribution in [2.75, 3.05) is 6.61 Å². The van der Waals surface area contributed by atoms with E-state index in [-0.39, 0.29) is 13.0 Å². The van der Waals surface area contributed by atoms with Crippen LogP contribution in [-0.2, 0) is 14.3 Å². The van der Waals surface area contributed by atoms with Crippen LogP contribution in [0.15, 0.2) is 11.8 Å². The molecule has 0 aromatic rings. The van der Waals surface area contributed by atoms with Gasteiger partial charge in [-0.15, -0.1) is 0 Å². The Morgan fingerprint density at radius 2 is 1.96 bits per heavy atom. The van der Waals surface area contributed by atoms with Gasteiger partial charge in [0.1, 0.15) is 17.3 Å². The number of rotatable bonds is 5. The second-order valence-electron chi connectivity index (χ2n) is 6.06. The Bertz CT molecular complexity index is 740. The quantitative estimate of drug-likeness (QED) is 0.178. The fraction of sp³-hybridized carbons (Fsp3) is 0.643. The summed E-state index contributed by atoms with van der Waals surface area (Å²) in [7, 11) is 0. The Labute approximate surface area is 146 Å². The van der Waals surface area contributed by atoms with Crippen molar-refractivity contribution in [2.24, 2.45) is 17.3 Å². The van der Waals surface area contributed by atoms with Crippen molar-refractivity contribution in [2.45, 2.75) is 32.7 Å². The van der Waals surface area contributed by atoms with Crippen LogP contribution in [0.3, 0.4) is 0 Å². The Kier molecular flexibility index (Phi) is 4.96. The Balaban J connectivity index is 2.84. The van der Waals surface area contributed by atoms with Gasteiger partial charge in [0.25, 0.3) is 11.4 Å². The third-order valence-corrected chi connectivity index (χ3v) is 5.05. The van der Waals surface area contributed by atoms with Gasteiger partial charge in [0, 0.05) is 16.2 Å². The summed E-state index contributed by atoms with van der Waals surface area (Å²) in [4.78, 5) is 46.0. The average Bonchev–Trinajstić information content (AvgIpc) is 2.54. The number of nitro groups is 2. The molecule has 0 aromatic carbocycles. The van der Waals surface area contributed by atoms with Gasteiger partial charge in [0.2, 0.25) is 6.04 Å². The number of hydrogen-bond donors (Lipinski definition) is 1. The highest BCUT2D eigenvalue weighted by Gasteiger charge is 2.71. The molecule has 2 bridgehead atoms. The number of allylic oxidation sites excluding steroid dienone is 1. The van der Waals surface area contributed by atoms with Gasteiger partial charge in [0.05, 0.1) is 17.6 Å². The minimum absolute atomic E-state index is 0.118. The number of fused-ring (bicyclic) bond motifs is 2. The number of ketones is 1. The lowest BCUT2D eigenvalue weighted by Gasteiger charge is -2.43. The van der Waals surface area contributed by atoms with Crippen LogP contribution in [0.1, 0.15) is 26.7 Å². The van der Waals surface area contributed by atoms with E-state index in [1.807, 2.05) is 0 Å². The molecule has 0 aromatic heterocycles. The lowest BCUT2D eigenvalue weighted by Crippen LogP contribution is -2.63. The fourth-order valence-corrected chi connectivity index (χ4v) is 3.95. The normalized spacial score (nSPS) is 32.5. The SMILES string of the molecule is CCOC(=O)[C@]1(CC)C(=O)C[C@H]2C(=[N+]([O-])O)C=C([N+](=O)[O-])[C@H]1[C@H]2[N+](=O)[O-]. The molecule has 142 valence electrons. The highest BCUT2D eigenvalue weighted by molar-refractivity contribution is 6.09. The molecule has 0 radical (unpaired) electrons. The van der Waals surface area contributed by atoms with E-state index in [9.17, 15) is 40.2 Å².